The maximum Gasteiger partial charge on any atom is 0.128 e. The number of aryl methyl sites for hydroxylation is 1. The summed E-state index contributed by atoms with van der Waals surface area (Å²) in [5.41, 5.74) is 1.59. The van der Waals surface area contributed by atoms with E-state index in [1.807, 2.05) is 12.1 Å². The molecule has 1 N–H and O–H groups in total. The largest absolute Gasteiger partial charge is 0.381 e. The summed E-state index contributed by atoms with van der Waals surface area (Å²) in [6.07, 6.45) is 2.38. The molecule has 0 radical (unpaired) electrons. The molecule has 1 fully saturated rings. The minimum atomic E-state index is -0.130. The van der Waals surface area contributed by atoms with E-state index >= 15 is 0 Å². The van der Waals surface area contributed by atoms with Crippen LogP contribution in [0.2, 0.25) is 0 Å². The van der Waals surface area contributed by atoms with E-state index in [0.717, 1.165) is 12.2 Å². The van der Waals surface area contributed by atoms with Gasteiger partial charge in [-0.3, -0.25) is 0 Å². The Morgan fingerprint density at radius 2 is 2.25 bits per heavy atom. The van der Waals surface area contributed by atoms with E-state index in [4.69, 9.17) is 0 Å². The number of nitrogens with zero attached hydrogens (tertiary/aromatic N) is 1. The van der Waals surface area contributed by atoms with E-state index < -0.39 is 0 Å². The van der Waals surface area contributed by atoms with Crippen molar-refractivity contribution in [2.45, 2.75) is 25.8 Å². The number of benzene rings is 1. The zero-order valence-corrected chi connectivity index (χ0v) is 9.96. The van der Waals surface area contributed by atoms with E-state index in [9.17, 15) is 4.39 Å². The Balaban J connectivity index is 2.00. The van der Waals surface area contributed by atoms with E-state index in [0.29, 0.717) is 11.6 Å². The fourth-order valence-electron chi connectivity index (χ4n) is 2.20. The van der Waals surface area contributed by atoms with Gasteiger partial charge >= 0.3 is 0 Å². The van der Waals surface area contributed by atoms with Crippen LogP contribution in [0.5, 0.6) is 0 Å². The Morgan fingerprint density at radius 3 is 2.94 bits per heavy atom. The highest BCUT2D eigenvalue weighted by Gasteiger charge is 2.16. The molecule has 2 rings (SSSR count). The third-order valence-corrected chi connectivity index (χ3v) is 3.17. The smallest absolute Gasteiger partial charge is 0.128 e. The molecule has 1 aliphatic heterocycles. The SMILES string of the molecule is Cc1ccc(NC2CCCN(C)C2)cc1F. The molecule has 0 spiro atoms. The summed E-state index contributed by atoms with van der Waals surface area (Å²) in [5.74, 6) is -0.130. The summed E-state index contributed by atoms with van der Waals surface area (Å²) in [4.78, 5) is 2.31. The van der Waals surface area contributed by atoms with Gasteiger partial charge in [0, 0.05) is 18.3 Å². The Hall–Kier alpha value is -1.09. The van der Waals surface area contributed by atoms with Crippen LogP contribution in [0.4, 0.5) is 10.1 Å². The first-order valence-electron chi connectivity index (χ1n) is 5.86. The van der Waals surface area contributed by atoms with Gasteiger partial charge in [-0.25, -0.2) is 4.39 Å². The topological polar surface area (TPSA) is 15.3 Å². The second kappa shape index (κ2) is 4.83. The summed E-state index contributed by atoms with van der Waals surface area (Å²) in [6.45, 7) is 3.99. The van der Waals surface area contributed by atoms with Crippen LogP contribution in [0.1, 0.15) is 18.4 Å². The molecule has 3 heteroatoms. The number of hydrogen-bond donors (Lipinski definition) is 1. The van der Waals surface area contributed by atoms with Gasteiger partial charge in [0.2, 0.25) is 0 Å². The van der Waals surface area contributed by atoms with Crippen molar-refractivity contribution in [3.63, 3.8) is 0 Å². The van der Waals surface area contributed by atoms with Crippen molar-refractivity contribution in [2.24, 2.45) is 0 Å². The lowest BCUT2D eigenvalue weighted by Gasteiger charge is -2.30. The Kier molecular flexibility index (Phi) is 3.44. The Morgan fingerprint density at radius 1 is 1.44 bits per heavy atom. The normalized spacial score (nSPS) is 22.1. The average molecular weight is 222 g/mol. The number of likely N-dealkylation sites (tertiary alicyclic amines) is 1. The van der Waals surface area contributed by atoms with E-state index in [2.05, 4.69) is 17.3 Å². The summed E-state index contributed by atoms with van der Waals surface area (Å²) in [7, 11) is 2.13. The molecule has 0 saturated carbocycles. The molecule has 0 aliphatic carbocycles. The quantitative estimate of drug-likeness (QED) is 0.827. The lowest BCUT2D eigenvalue weighted by atomic mass is 10.1. The first-order chi connectivity index (χ1) is 7.65. The predicted octanol–water partition coefficient (Wildman–Crippen LogP) is 2.64. The van der Waals surface area contributed by atoms with Crippen LogP contribution in [-0.2, 0) is 0 Å². The minimum absolute atomic E-state index is 0.130. The summed E-state index contributed by atoms with van der Waals surface area (Å²) in [6, 6.07) is 5.81. The van der Waals surface area contributed by atoms with Crippen molar-refractivity contribution >= 4 is 5.69 Å². The number of rotatable bonds is 2. The molecule has 2 nitrogen and oxygen atoms in total. The third-order valence-electron chi connectivity index (χ3n) is 3.17. The van der Waals surface area contributed by atoms with Gasteiger partial charge in [-0.05, 0) is 51.1 Å². The van der Waals surface area contributed by atoms with Crippen LogP contribution in [0.25, 0.3) is 0 Å². The first kappa shape index (κ1) is 11.4. The van der Waals surface area contributed by atoms with Crippen LogP contribution in [0.3, 0.4) is 0 Å². The van der Waals surface area contributed by atoms with Crippen molar-refractivity contribution in [2.75, 3.05) is 25.5 Å². The maximum atomic E-state index is 13.4. The van der Waals surface area contributed by atoms with Crippen molar-refractivity contribution in [1.29, 1.82) is 0 Å². The summed E-state index contributed by atoms with van der Waals surface area (Å²) in [5, 5.41) is 3.40. The van der Waals surface area contributed by atoms with Crippen molar-refractivity contribution in [3.05, 3.63) is 29.6 Å². The van der Waals surface area contributed by atoms with Gasteiger partial charge in [-0.2, -0.15) is 0 Å². The standard InChI is InChI=1S/C13H19FN2/c1-10-5-6-11(8-13(10)14)15-12-4-3-7-16(2)9-12/h5-6,8,12,15H,3-4,7,9H2,1-2H3. The molecule has 1 heterocycles. The van der Waals surface area contributed by atoms with Crippen LogP contribution in [0.15, 0.2) is 18.2 Å². The monoisotopic (exact) mass is 222 g/mol. The van der Waals surface area contributed by atoms with Crippen molar-refractivity contribution < 1.29 is 4.39 Å². The van der Waals surface area contributed by atoms with Gasteiger partial charge in [0.25, 0.3) is 0 Å². The van der Waals surface area contributed by atoms with E-state index in [1.54, 1.807) is 13.0 Å². The molecule has 16 heavy (non-hydrogen) atoms. The van der Waals surface area contributed by atoms with Crippen LogP contribution in [0, 0.1) is 12.7 Å². The number of hydrogen-bond acceptors (Lipinski definition) is 2. The molecule has 0 aromatic heterocycles. The van der Waals surface area contributed by atoms with Gasteiger partial charge in [-0.15, -0.1) is 0 Å². The molecule has 0 bridgehead atoms. The summed E-state index contributed by atoms with van der Waals surface area (Å²) < 4.78 is 13.4. The van der Waals surface area contributed by atoms with Crippen LogP contribution >= 0.6 is 0 Å². The van der Waals surface area contributed by atoms with Crippen molar-refractivity contribution in [3.8, 4) is 0 Å². The highest BCUT2D eigenvalue weighted by atomic mass is 19.1. The van der Waals surface area contributed by atoms with Gasteiger partial charge in [0.05, 0.1) is 0 Å². The van der Waals surface area contributed by atoms with Gasteiger partial charge < -0.3 is 10.2 Å². The zero-order chi connectivity index (χ0) is 11.5. The molecule has 88 valence electrons. The van der Waals surface area contributed by atoms with Crippen LogP contribution in [-0.4, -0.2) is 31.1 Å². The molecule has 1 atom stereocenters. The fraction of sp³-hybridized carbons (Fsp3) is 0.538. The second-order valence-electron chi connectivity index (χ2n) is 4.71. The Bertz CT molecular complexity index is 365. The predicted molar refractivity (Wildman–Crippen MR) is 65.3 cm³/mol. The number of piperidine rings is 1. The highest BCUT2D eigenvalue weighted by molar-refractivity contribution is 5.46. The van der Waals surface area contributed by atoms with Gasteiger partial charge in [-0.1, -0.05) is 6.07 Å². The molecule has 1 aromatic carbocycles. The number of nitrogens with one attached hydrogen (secondary N) is 1. The number of anilines is 1. The Labute approximate surface area is 96.5 Å². The third kappa shape index (κ3) is 2.73. The van der Waals surface area contributed by atoms with Crippen molar-refractivity contribution in [1.82, 2.24) is 4.90 Å². The van der Waals surface area contributed by atoms with E-state index in [-0.39, 0.29) is 5.82 Å². The first-order valence-corrected chi connectivity index (χ1v) is 5.86. The minimum Gasteiger partial charge on any atom is -0.381 e. The molecular formula is C13H19FN2. The number of halogens is 1. The van der Waals surface area contributed by atoms with Crippen LogP contribution < -0.4 is 5.32 Å². The lowest BCUT2D eigenvalue weighted by Crippen LogP contribution is -2.39. The molecular weight excluding hydrogens is 203 g/mol. The zero-order valence-electron chi connectivity index (χ0n) is 9.96. The molecule has 1 aliphatic rings. The molecule has 1 unspecified atom stereocenters. The van der Waals surface area contributed by atoms with Gasteiger partial charge in [0.15, 0.2) is 0 Å². The van der Waals surface area contributed by atoms with Gasteiger partial charge in [0.1, 0.15) is 5.82 Å². The second-order valence-corrected chi connectivity index (χ2v) is 4.71. The average Bonchev–Trinajstić information content (AvgIpc) is 2.24. The number of likely N-dealkylation sites (N-methyl/N-ethyl adjacent to an activating group) is 1. The molecule has 0 amide bonds. The summed E-state index contributed by atoms with van der Waals surface area (Å²) >= 11 is 0. The molecule has 1 aromatic rings. The van der Waals surface area contributed by atoms with E-state index in [1.165, 1.54) is 19.4 Å². The highest BCUT2D eigenvalue weighted by Crippen LogP contribution is 2.17. The lowest BCUT2D eigenvalue weighted by molar-refractivity contribution is 0.261. The molecule has 1 saturated heterocycles. The fourth-order valence-corrected chi connectivity index (χ4v) is 2.20. The maximum absolute atomic E-state index is 13.4.